The van der Waals surface area contributed by atoms with E-state index in [9.17, 15) is 0 Å². The van der Waals surface area contributed by atoms with Crippen LogP contribution < -0.4 is 11.5 Å². The SMILES string of the molecule is NCC1(C(N)c2ccccn2)CC1. The first-order valence-corrected chi connectivity index (χ1v) is 4.65. The second-order valence-electron chi connectivity index (χ2n) is 3.80. The van der Waals surface area contributed by atoms with Gasteiger partial charge in [0.15, 0.2) is 0 Å². The van der Waals surface area contributed by atoms with E-state index in [4.69, 9.17) is 11.5 Å². The van der Waals surface area contributed by atoms with E-state index in [2.05, 4.69) is 4.98 Å². The van der Waals surface area contributed by atoms with Crippen molar-refractivity contribution in [2.75, 3.05) is 6.54 Å². The van der Waals surface area contributed by atoms with Crippen molar-refractivity contribution in [3.05, 3.63) is 30.1 Å². The lowest BCUT2D eigenvalue weighted by Gasteiger charge is -2.20. The van der Waals surface area contributed by atoms with Gasteiger partial charge < -0.3 is 11.5 Å². The van der Waals surface area contributed by atoms with Crippen molar-refractivity contribution in [2.45, 2.75) is 18.9 Å². The van der Waals surface area contributed by atoms with Crippen LogP contribution in [0.25, 0.3) is 0 Å². The Morgan fingerprint density at radius 3 is 2.69 bits per heavy atom. The summed E-state index contributed by atoms with van der Waals surface area (Å²) in [6, 6.07) is 5.85. The van der Waals surface area contributed by atoms with Gasteiger partial charge in [0.25, 0.3) is 0 Å². The summed E-state index contributed by atoms with van der Waals surface area (Å²) < 4.78 is 0. The van der Waals surface area contributed by atoms with Gasteiger partial charge in [-0.15, -0.1) is 0 Å². The molecular formula is C10H15N3. The smallest absolute Gasteiger partial charge is 0.0577 e. The van der Waals surface area contributed by atoms with E-state index >= 15 is 0 Å². The maximum atomic E-state index is 6.10. The third-order valence-corrected chi connectivity index (χ3v) is 2.96. The molecule has 1 saturated carbocycles. The number of pyridine rings is 1. The molecule has 1 aliphatic carbocycles. The third-order valence-electron chi connectivity index (χ3n) is 2.96. The minimum absolute atomic E-state index is 0.0127. The van der Waals surface area contributed by atoms with Gasteiger partial charge in [0, 0.05) is 11.6 Å². The van der Waals surface area contributed by atoms with Crippen molar-refractivity contribution in [2.24, 2.45) is 16.9 Å². The highest BCUT2D eigenvalue weighted by molar-refractivity contribution is 5.16. The largest absolute Gasteiger partial charge is 0.330 e. The molecule has 0 radical (unpaired) electrons. The molecule has 1 fully saturated rings. The van der Waals surface area contributed by atoms with Gasteiger partial charge in [-0.1, -0.05) is 6.07 Å². The van der Waals surface area contributed by atoms with Crippen LogP contribution in [-0.2, 0) is 0 Å². The fraction of sp³-hybridized carbons (Fsp3) is 0.500. The van der Waals surface area contributed by atoms with Crippen LogP contribution in [-0.4, -0.2) is 11.5 Å². The first-order valence-electron chi connectivity index (χ1n) is 4.65. The molecule has 1 unspecified atom stereocenters. The van der Waals surface area contributed by atoms with Crippen LogP contribution in [0.5, 0.6) is 0 Å². The molecule has 13 heavy (non-hydrogen) atoms. The molecule has 0 bridgehead atoms. The average molecular weight is 177 g/mol. The van der Waals surface area contributed by atoms with Gasteiger partial charge in [-0.25, -0.2) is 0 Å². The Morgan fingerprint density at radius 1 is 1.46 bits per heavy atom. The Kier molecular flexibility index (Phi) is 2.06. The molecule has 2 rings (SSSR count). The van der Waals surface area contributed by atoms with Gasteiger partial charge >= 0.3 is 0 Å². The van der Waals surface area contributed by atoms with Crippen molar-refractivity contribution >= 4 is 0 Å². The Bertz CT molecular complexity index is 279. The highest BCUT2D eigenvalue weighted by atomic mass is 14.8. The van der Waals surface area contributed by atoms with Gasteiger partial charge in [-0.05, 0) is 31.5 Å². The van der Waals surface area contributed by atoms with Gasteiger partial charge in [0.1, 0.15) is 0 Å². The summed E-state index contributed by atoms with van der Waals surface area (Å²) in [5.41, 5.74) is 12.9. The normalized spacial score (nSPS) is 21.1. The zero-order valence-electron chi connectivity index (χ0n) is 7.61. The summed E-state index contributed by atoms with van der Waals surface area (Å²) in [6.45, 7) is 0.671. The van der Waals surface area contributed by atoms with Gasteiger partial charge in [-0.3, -0.25) is 4.98 Å². The number of hydrogen-bond acceptors (Lipinski definition) is 3. The molecule has 0 amide bonds. The summed E-state index contributed by atoms with van der Waals surface area (Å²) in [6.07, 6.45) is 4.06. The maximum Gasteiger partial charge on any atom is 0.0577 e. The quantitative estimate of drug-likeness (QED) is 0.718. The number of rotatable bonds is 3. The molecule has 0 aromatic carbocycles. The summed E-state index contributed by atoms with van der Waals surface area (Å²) >= 11 is 0. The van der Waals surface area contributed by atoms with Crippen LogP contribution >= 0.6 is 0 Å². The van der Waals surface area contributed by atoms with Crippen molar-refractivity contribution in [3.8, 4) is 0 Å². The van der Waals surface area contributed by atoms with E-state index in [1.807, 2.05) is 18.2 Å². The summed E-state index contributed by atoms with van der Waals surface area (Å²) in [7, 11) is 0. The minimum Gasteiger partial charge on any atom is -0.330 e. The Balaban J connectivity index is 2.18. The maximum absolute atomic E-state index is 6.10. The molecular weight excluding hydrogens is 162 g/mol. The molecule has 1 aliphatic rings. The summed E-state index contributed by atoms with van der Waals surface area (Å²) in [5.74, 6) is 0. The first-order chi connectivity index (χ1) is 6.28. The monoisotopic (exact) mass is 177 g/mol. The van der Waals surface area contributed by atoms with E-state index in [1.54, 1.807) is 6.20 Å². The highest BCUT2D eigenvalue weighted by Gasteiger charge is 2.47. The number of aromatic nitrogens is 1. The summed E-state index contributed by atoms with van der Waals surface area (Å²) in [4.78, 5) is 4.25. The van der Waals surface area contributed by atoms with Crippen LogP contribution in [0.2, 0.25) is 0 Å². The fourth-order valence-corrected chi connectivity index (χ4v) is 1.68. The zero-order valence-corrected chi connectivity index (χ0v) is 7.61. The van der Waals surface area contributed by atoms with Crippen molar-refractivity contribution in [1.29, 1.82) is 0 Å². The van der Waals surface area contributed by atoms with Crippen LogP contribution in [0.4, 0.5) is 0 Å². The standard InChI is InChI=1S/C10H15N3/c11-7-10(4-5-10)9(12)8-3-1-2-6-13-8/h1-3,6,9H,4-5,7,11-12H2. The highest BCUT2D eigenvalue weighted by Crippen LogP contribution is 2.52. The van der Waals surface area contributed by atoms with E-state index in [-0.39, 0.29) is 11.5 Å². The number of nitrogens with zero attached hydrogens (tertiary/aromatic N) is 1. The van der Waals surface area contributed by atoms with E-state index < -0.39 is 0 Å². The lowest BCUT2D eigenvalue weighted by molar-refractivity contribution is 0.411. The lowest BCUT2D eigenvalue weighted by atomic mass is 9.94. The molecule has 1 atom stereocenters. The average Bonchev–Trinajstić information content (AvgIpc) is 2.99. The van der Waals surface area contributed by atoms with Crippen LogP contribution in [0.3, 0.4) is 0 Å². The molecule has 3 nitrogen and oxygen atoms in total. The van der Waals surface area contributed by atoms with Gasteiger partial charge in [-0.2, -0.15) is 0 Å². The van der Waals surface area contributed by atoms with Crippen LogP contribution in [0, 0.1) is 5.41 Å². The molecule has 0 saturated heterocycles. The lowest BCUT2D eigenvalue weighted by Crippen LogP contribution is -2.30. The molecule has 4 N–H and O–H groups in total. The number of nitrogens with two attached hydrogens (primary N) is 2. The van der Waals surface area contributed by atoms with Crippen LogP contribution in [0.1, 0.15) is 24.6 Å². The molecule has 1 aromatic heterocycles. The van der Waals surface area contributed by atoms with E-state index in [0.29, 0.717) is 6.54 Å². The molecule has 0 aliphatic heterocycles. The predicted molar refractivity (Wildman–Crippen MR) is 51.9 cm³/mol. The molecule has 1 heterocycles. The van der Waals surface area contributed by atoms with Crippen molar-refractivity contribution in [1.82, 2.24) is 4.98 Å². The minimum atomic E-state index is 0.0127. The molecule has 0 spiro atoms. The Labute approximate surface area is 78.1 Å². The van der Waals surface area contributed by atoms with Crippen molar-refractivity contribution < 1.29 is 0 Å². The van der Waals surface area contributed by atoms with Gasteiger partial charge in [0.05, 0.1) is 11.7 Å². The fourth-order valence-electron chi connectivity index (χ4n) is 1.68. The van der Waals surface area contributed by atoms with Gasteiger partial charge in [0.2, 0.25) is 0 Å². The Morgan fingerprint density at radius 2 is 2.23 bits per heavy atom. The van der Waals surface area contributed by atoms with E-state index in [1.165, 1.54) is 0 Å². The molecule has 70 valence electrons. The second kappa shape index (κ2) is 3.09. The third kappa shape index (κ3) is 1.45. The first kappa shape index (κ1) is 8.66. The number of hydrogen-bond donors (Lipinski definition) is 2. The summed E-state index contributed by atoms with van der Waals surface area (Å²) in [5, 5.41) is 0. The van der Waals surface area contributed by atoms with Crippen molar-refractivity contribution in [3.63, 3.8) is 0 Å². The van der Waals surface area contributed by atoms with E-state index in [0.717, 1.165) is 18.5 Å². The zero-order chi connectivity index (χ0) is 9.31. The molecule has 3 heteroatoms. The topological polar surface area (TPSA) is 64.9 Å². The second-order valence-corrected chi connectivity index (χ2v) is 3.80. The predicted octanol–water partition coefficient (Wildman–Crippen LogP) is 0.820. The molecule has 1 aromatic rings. The Hall–Kier alpha value is -0.930. The van der Waals surface area contributed by atoms with Crippen LogP contribution in [0.15, 0.2) is 24.4 Å².